The first-order chi connectivity index (χ1) is 10.1. The molecular formula is C16H19N3O2. The summed E-state index contributed by atoms with van der Waals surface area (Å²) < 4.78 is 0. The van der Waals surface area contributed by atoms with Crippen LogP contribution in [0.2, 0.25) is 0 Å². The van der Waals surface area contributed by atoms with Gasteiger partial charge in [0.2, 0.25) is 5.91 Å². The van der Waals surface area contributed by atoms with E-state index in [1.54, 1.807) is 0 Å². The highest BCUT2D eigenvalue weighted by atomic mass is 16.4. The van der Waals surface area contributed by atoms with Gasteiger partial charge in [0.1, 0.15) is 5.84 Å². The number of fused-ring (bicyclic) bond motifs is 1. The van der Waals surface area contributed by atoms with Gasteiger partial charge < -0.3 is 16.3 Å². The number of hydrogen-bond acceptors (Lipinski definition) is 3. The molecule has 110 valence electrons. The number of amides is 1. The fourth-order valence-corrected chi connectivity index (χ4v) is 2.27. The molecule has 0 saturated carbocycles. The van der Waals surface area contributed by atoms with Gasteiger partial charge in [-0.3, -0.25) is 4.79 Å². The Labute approximate surface area is 123 Å². The molecule has 0 aromatic heterocycles. The molecule has 0 saturated heterocycles. The predicted octanol–water partition coefficient (Wildman–Crippen LogP) is 2.02. The van der Waals surface area contributed by atoms with Crippen molar-refractivity contribution in [3.05, 3.63) is 48.0 Å². The number of oxime groups is 1. The van der Waals surface area contributed by atoms with E-state index in [1.165, 1.54) is 0 Å². The minimum Gasteiger partial charge on any atom is -0.409 e. The highest BCUT2D eigenvalue weighted by Crippen LogP contribution is 2.15. The molecule has 0 fully saturated rings. The number of hydrogen-bond donors (Lipinski definition) is 3. The molecule has 0 aliphatic carbocycles. The van der Waals surface area contributed by atoms with Crippen molar-refractivity contribution in [1.29, 1.82) is 0 Å². The second-order valence-corrected chi connectivity index (χ2v) is 5.12. The molecule has 5 heteroatoms. The van der Waals surface area contributed by atoms with Crippen LogP contribution >= 0.6 is 0 Å². The van der Waals surface area contributed by atoms with Crippen molar-refractivity contribution in [1.82, 2.24) is 5.32 Å². The summed E-state index contributed by atoms with van der Waals surface area (Å²) in [5.41, 5.74) is 6.37. The quantitative estimate of drug-likeness (QED) is 0.340. The third kappa shape index (κ3) is 4.21. The number of rotatable bonds is 5. The minimum absolute atomic E-state index is 0.0801. The Morgan fingerprint density at radius 2 is 2.00 bits per heavy atom. The number of carbonyl (C=O) groups is 1. The molecular weight excluding hydrogens is 266 g/mol. The van der Waals surface area contributed by atoms with E-state index in [4.69, 9.17) is 10.9 Å². The zero-order valence-corrected chi connectivity index (χ0v) is 11.9. The zero-order chi connectivity index (χ0) is 15.2. The fourth-order valence-electron chi connectivity index (χ4n) is 2.27. The lowest BCUT2D eigenvalue weighted by Gasteiger charge is -2.13. The molecule has 0 spiro atoms. The number of nitrogens with two attached hydrogens (primary N) is 1. The average molecular weight is 285 g/mol. The average Bonchev–Trinajstić information content (AvgIpc) is 2.46. The number of carbonyl (C=O) groups excluding carboxylic acids is 1. The van der Waals surface area contributed by atoms with Crippen molar-refractivity contribution in [3.63, 3.8) is 0 Å². The molecule has 0 radical (unpaired) electrons. The summed E-state index contributed by atoms with van der Waals surface area (Å²) in [6, 6.07) is 13.8. The van der Waals surface area contributed by atoms with Gasteiger partial charge in [-0.15, -0.1) is 0 Å². The van der Waals surface area contributed by atoms with Crippen molar-refractivity contribution in [2.24, 2.45) is 10.9 Å². The summed E-state index contributed by atoms with van der Waals surface area (Å²) in [4.78, 5) is 12.0. The molecule has 5 nitrogen and oxygen atoms in total. The summed E-state index contributed by atoms with van der Waals surface area (Å²) >= 11 is 0. The van der Waals surface area contributed by atoms with Crippen LogP contribution in [0.3, 0.4) is 0 Å². The summed E-state index contributed by atoms with van der Waals surface area (Å²) in [5.74, 6) is 0.0250. The molecule has 21 heavy (non-hydrogen) atoms. The lowest BCUT2D eigenvalue weighted by atomic mass is 10.0. The van der Waals surface area contributed by atoms with Crippen molar-refractivity contribution < 1.29 is 10.0 Å². The highest BCUT2D eigenvalue weighted by Gasteiger charge is 2.10. The summed E-state index contributed by atoms with van der Waals surface area (Å²) in [6.07, 6.45) is 0.630. The van der Waals surface area contributed by atoms with Crippen LogP contribution in [0.15, 0.2) is 47.6 Å². The van der Waals surface area contributed by atoms with Crippen LogP contribution in [0.5, 0.6) is 0 Å². The van der Waals surface area contributed by atoms with Gasteiger partial charge >= 0.3 is 0 Å². The third-order valence-corrected chi connectivity index (χ3v) is 3.23. The molecule has 2 rings (SSSR count). The third-order valence-electron chi connectivity index (χ3n) is 3.23. The van der Waals surface area contributed by atoms with E-state index in [1.807, 2.05) is 49.4 Å². The molecule has 0 bridgehead atoms. The summed E-state index contributed by atoms with van der Waals surface area (Å²) in [6.45, 7) is 1.82. The molecule has 2 aromatic carbocycles. The van der Waals surface area contributed by atoms with Crippen LogP contribution in [0, 0.1) is 0 Å². The summed E-state index contributed by atoms with van der Waals surface area (Å²) in [5, 5.41) is 16.5. The van der Waals surface area contributed by atoms with Gasteiger partial charge in [0.05, 0.1) is 6.42 Å². The van der Waals surface area contributed by atoms with Crippen molar-refractivity contribution in [2.45, 2.75) is 25.8 Å². The van der Waals surface area contributed by atoms with Crippen LogP contribution in [-0.2, 0) is 11.2 Å². The van der Waals surface area contributed by atoms with Gasteiger partial charge in [-0.1, -0.05) is 47.6 Å². The molecule has 0 aliphatic heterocycles. The molecule has 0 aliphatic rings. The van der Waals surface area contributed by atoms with Crippen LogP contribution in [-0.4, -0.2) is 23.0 Å². The number of nitrogens with zero attached hydrogens (tertiary/aromatic N) is 1. The van der Waals surface area contributed by atoms with Crippen LogP contribution in [0.1, 0.15) is 18.9 Å². The fraction of sp³-hybridized carbons (Fsp3) is 0.250. The van der Waals surface area contributed by atoms with Crippen LogP contribution in [0.4, 0.5) is 0 Å². The topological polar surface area (TPSA) is 87.7 Å². The van der Waals surface area contributed by atoms with Gasteiger partial charge in [-0.25, -0.2) is 0 Å². The Kier molecular flexibility index (Phi) is 4.77. The Morgan fingerprint density at radius 1 is 1.29 bits per heavy atom. The normalized spacial score (nSPS) is 13.1. The van der Waals surface area contributed by atoms with Crippen molar-refractivity contribution >= 4 is 22.5 Å². The second kappa shape index (κ2) is 6.74. The number of amidine groups is 1. The van der Waals surface area contributed by atoms with Gasteiger partial charge in [0, 0.05) is 12.5 Å². The largest absolute Gasteiger partial charge is 0.409 e. The molecule has 1 amide bonds. The van der Waals surface area contributed by atoms with E-state index in [-0.39, 0.29) is 17.8 Å². The predicted molar refractivity (Wildman–Crippen MR) is 83.3 cm³/mol. The van der Waals surface area contributed by atoms with E-state index < -0.39 is 0 Å². The van der Waals surface area contributed by atoms with Gasteiger partial charge in [-0.05, 0) is 23.3 Å². The monoisotopic (exact) mass is 285 g/mol. The van der Waals surface area contributed by atoms with Crippen LogP contribution < -0.4 is 11.1 Å². The molecule has 1 atom stereocenters. The van der Waals surface area contributed by atoms with Gasteiger partial charge in [0.25, 0.3) is 0 Å². The van der Waals surface area contributed by atoms with Gasteiger partial charge in [-0.2, -0.15) is 0 Å². The summed E-state index contributed by atoms with van der Waals surface area (Å²) in [7, 11) is 0. The van der Waals surface area contributed by atoms with E-state index >= 15 is 0 Å². The maximum absolute atomic E-state index is 12.0. The molecule has 2 aromatic rings. The van der Waals surface area contributed by atoms with Gasteiger partial charge in [0.15, 0.2) is 0 Å². The highest BCUT2D eigenvalue weighted by molar-refractivity contribution is 5.86. The Morgan fingerprint density at radius 3 is 2.71 bits per heavy atom. The molecule has 4 N–H and O–H groups in total. The molecule has 1 unspecified atom stereocenters. The Hall–Kier alpha value is -2.56. The minimum atomic E-state index is -0.172. The standard InChI is InChI=1S/C16H19N3O2/c1-11(8-15(17)19-21)18-16(20)10-12-6-7-13-4-2-3-5-14(13)9-12/h2-7,9,11,21H,8,10H2,1H3,(H2,17,19)(H,18,20). The maximum Gasteiger partial charge on any atom is 0.224 e. The Bertz CT molecular complexity index is 667. The number of benzene rings is 2. The first kappa shape index (κ1) is 14.8. The van der Waals surface area contributed by atoms with E-state index in [0.29, 0.717) is 12.8 Å². The van der Waals surface area contributed by atoms with Crippen LogP contribution in [0.25, 0.3) is 10.8 Å². The molecule has 0 heterocycles. The maximum atomic E-state index is 12.0. The van der Waals surface area contributed by atoms with Crippen molar-refractivity contribution in [3.8, 4) is 0 Å². The lowest BCUT2D eigenvalue weighted by Crippen LogP contribution is -2.36. The second-order valence-electron chi connectivity index (χ2n) is 5.12. The van der Waals surface area contributed by atoms with E-state index in [2.05, 4.69) is 10.5 Å². The smallest absolute Gasteiger partial charge is 0.224 e. The SMILES string of the molecule is CC(CC(N)=NO)NC(=O)Cc1ccc2ccccc2c1. The zero-order valence-electron chi connectivity index (χ0n) is 11.9. The lowest BCUT2D eigenvalue weighted by molar-refractivity contribution is -0.120. The van der Waals surface area contributed by atoms with E-state index in [0.717, 1.165) is 16.3 Å². The van der Waals surface area contributed by atoms with Crippen molar-refractivity contribution in [2.75, 3.05) is 0 Å². The Balaban J connectivity index is 1.98. The first-order valence-electron chi connectivity index (χ1n) is 6.82. The number of nitrogens with one attached hydrogen (secondary N) is 1. The van der Waals surface area contributed by atoms with E-state index in [9.17, 15) is 4.79 Å². The first-order valence-corrected chi connectivity index (χ1v) is 6.82.